The van der Waals surface area contributed by atoms with Gasteiger partial charge in [-0.25, -0.2) is 9.67 Å². The SMILES string of the molecule is Cn1ncnc1NCc1nccs1. The first-order chi connectivity index (χ1) is 6.36. The molecule has 2 aromatic rings. The normalized spacial score (nSPS) is 10.2. The highest BCUT2D eigenvalue weighted by atomic mass is 32.1. The van der Waals surface area contributed by atoms with Crippen LogP contribution in [0.5, 0.6) is 0 Å². The Hall–Kier alpha value is -1.43. The predicted molar refractivity (Wildman–Crippen MR) is 50.4 cm³/mol. The second-order valence-corrected chi connectivity index (χ2v) is 3.47. The fraction of sp³-hybridized carbons (Fsp3) is 0.286. The molecule has 0 aromatic carbocycles. The lowest BCUT2D eigenvalue weighted by Crippen LogP contribution is -2.05. The maximum Gasteiger partial charge on any atom is 0.221 e. The first kappa shape index (κ1) is 8.18. The molecule has 0 unspecified atom stereocenters. The van der Waals surface area contributed by atoms with Crippen LogP contribution in [0.15, 0.2) is 17.9 Å². The Morgan fingerprint density at radius 3 is 3.08 bits per heavy atom. The van der Waals surface area contributed by atoms with Crippen LogP contribution in [0.1, 0.15) is 5.01 Å². The van der Waals surface area contributed by atoms with Gasteiger partial charge in [0.05, 0.1) is 6.54 Å². The molecule has 0 atom stereocenters. The zero-order valence-corrected chi connectivity index (χ0v) is 7.95. The van der Waals surface area contributed by atoms with Gasteiger partial charge in [-0.3, -0.25) is 0 Å². The van der Waals surface area contributed by atoms with Crippen molar-refractivity contribution in [2.24, 2.45) is 7.05 Å². The number of anilines is 1. The third-order valence-electron chi connectivity index (χ3n) is 1.59. The molecule has 0 aliphatic carbocycles. The number of nitrogens with zero attached hydrogens (tertiary/aromatic N) is 4. The highest BCUT2D eigenvalue weighted by Crippen LogP contribution is 2.06. The lowest BCUT2D eigenvalue weighted by atomic mass is 10.6. The molecule has 0 radical (unpaired) electrons. The molecule has 0 bridgehead atoms. The summed E-state index contributed by atoms with van der Waals surface area (Å²) in [6.45, 7) is 0.699. The topological polar surface area (TPSA) is 55.6 Å². The maximum atomic E-state index is 4.14. The maximum absolute atomic E-state index is 4.14. The van der Waals surface area contributed by atoms with Gasteiger partial charge < -0.3 is 5.32 Å². The molecule has 2 heterocycles. The highest BCUT2D eigenvalue weighted by Gasteiger charge is 1.99. The van der Waals surface area contributed by atoms with Crippen LogP contribution in [0, 0.1) is 0 Å². The molecular formula is C7H9N5S. The molecular weight excluding hydrogens is 186 g/mol. The van der Waals surface area contributed by atoms with E-state index >= 15 is 0 Å². The van der Waals surface area contributed by atoms with E-state index in [0.29, 0.717) is 6.54 Å². The van der Waals surface area contributed by atoms with Crippen molar-refractivity contribution in [1.29, 1.82) is 0 Å². The van der Waals surface area contributed by atoms with Gasteiger partial charge >= 0.3 is 0 Å². The first-order valence-corrected chi connectivity index (χ1v) is 4.70. The summed E-state index contributed by atoms with van der Waals surface area (Å²) in [5.74, 6) is 0.759. The van der Waals surface area contributed by atoms with Crippen LogP contribution in [-0.4, -0.2) is 19.7 Å². The van der Waals surface area contributed by atoms with Crippen molar-refractivity contribution < 1.29 is 0 Å². The monoisotopic (exact) mass is 195 g/mol. The van der Waals surface area contributed by atoms with Crippen LogP contribution in [0.25, 0.3) is 0 Å². The van der Waals surface area contributed by atoms with Crippen LogP contribution in [-0.2, 0) is 13.6 Å². The Morgan fingerprint density at radius 2 is 2.46 bits per heavy atom. The molecule has 0 spiro atoms. The minimum absolute atomic E-state index is 0.699. The fourth-order valence-electron chi connectivity index (χ4n) is 0.951. The van der Waals surface area contributed by atoms with Crippen LogP contribution < -0.4 is 5.32 Å². The minimum Gasteiger partial charge on any atom is -0.348 e. The molecule has 6 heteroatoms. The Balaban J connectivity index is 1.97. The van der Waals surface area contributed by atoms with Crippen LogP contribution in [0.3, 0.4) is 0 Å². The van der Waals surface area contributed by atoms with Crippen molar-refractivity contribution in [3.63, 3.8) is 0 Å². The van der Waals surface area contributed by atoms with E-state index in [1.54, 1.807) is 22.2 Å². The Labute approximate surface area is 79.5 Å². The summed E-state index contributed by atoms with van der Waals surface area (Å²) in [6, 6.07) is 0. The van der Waals surface area contributed by atoms with Gasteiger partial charge in [-0.05, 0) is 0 Å². The smallest absolute Gasteiger partial charge is 0.221 e. The standard InChI is InChI=1S/C7H9N5S/c1-12-7(10-5-11-12)9-4-6-8-2-3-13-6/h2-3,5H,4H2,1H3,(H,9,10,11). The molecule has 0 fully saturated rings. The van der Waals surface area contributed by atoms with Crippen molar-refractivity contribution in [3.05, 3.63) is 22.9 Å². The van der Waals surface area contributed by atoms with Gasteiger partial charge in [0.1, 0.15) is 11.3 Å². The number of hydrogen-bond donors (Lipinski definition) is 1. The third-order valence-corrected chi connectivity index (χ3v) is 2.37. The first-order valence-electron chi connectivity index (χ1n) is 3.82. The molecule has 0 saturated carbocycles. The average Bonchev–Trinajstić information content (AvgIpc) is 2.72. The number of thiazole rings is 1. The summed E-state index contributed by atoms with van der Waals surface area (Å²) >= 11 is 1.62. The van der Waals surface area contributed by atoms with E-state index in [1.807, 2.05) is 12.4 Å². The minimum atomic E-state index is 0.699. The second kappa shape index (κ2) is 3.53. The summed E-state index contributed by atoms with van der Waals surface area (Å²) in [5, 5.41) is 10.1. The molecule has 2 rings (SSSR count). The number of hydrogen-bond acceptors (Lipinski definition) is 5. The quantitative estimate of drug-likeness (QED) is 0.790. The Morgan fingerprint density at radius 1 is 1.54 bits per heavy atom. The zero-order chi connectivity index (χ0) is 9.10. The largest absolute Gasteiger partial charge is 0.348 e. The number of nitrogens with one attached hydrogen (secondary N) is 1. The van der Waals surface area contributed by atoms with Gasteiger partial charge in [-0.1, -0.05) is 0 Å². The van der Waals surface area contributed by atoms with Gasteiger partial charge in [0, 0.05) is 18.6 Å². The van der Waals surface area contributed by atoms with Crippen molar-refractivity contribution in [1.82, 2.24) is 19.7 Å². The lowest BCUT2D eigenvalue weighted by Gasteiger charge is -2.01. The van der Waals surface area contributed by atoms with Gasteiger partial charge in [0.2, 0.25) is 5.95 Å². The lowest BCUT2D eigenvalue weighted by molar-refractivity contribution is 0.766. The molecule has 13 heavy (non-hydrogen) atoms. The summed E-state index contributed by atoms with van der Waals surface area (Å²) in [4.78, 5) is 8.18. The van der Waals surface area contributed by atoms with Gasteiger partial charge in [0.15, 0.2) is 0 Å². The summed E-state index contributed by atoms with van der Waals surface area (Å²) in [7, 11) is 1.84. The van der Waals surface area contributed by atoms with Crippen LogP contribution in [0.2, 0.25) is 0 Å². The van der Waals surface area contributed by atoms with E-state index in [1.165, 1.54) is 6.33 Å². The molecule has 0 aliphatic rings. The van der Waals surface area contributed by atoms with E-state index in [4.69, 9.17) is 0 Å². The van der Waals surface area contributed by atoms with Crippen molar-refractivity contribution in [2.75, 3.05) is 5.32 Å². The predicted octanol–water partition coefficient (Wildman–Crippen LogP) is 0.884. The summed E-state index contributed by atoms with van der Waals surface area (Å²) < 4.78 is 1.69. The average molecular weight is 195 g/mol. The Kier molecular flexibility index (Phi) is 2.22. The van der Waals surface area contributed by atoms with Crippen molar-refractivity contribution in [2.45, 2.75) is 6.54 Å². The molecule has 0 saturated heterocycles. The fourth-order valence-corrected chi connectivity index (χ4v) is 1.51. The summed E-state index contributed by atoms with van der Waals surface area (Å²) in [5.41, 5.74) is 0. The van der Waals surface area contributed by atoms with Gasteiger partial charge in [-0.15, -0.1) is 11.3 Å². The van der Waals surface area contributed by atoms with E-state index in [0.717, 1.165) is 11.0 Å². The third kappa shape index (κ3) is 1.83. The number of aromatic nitrogens is 4. The highest BCUT2D eigenvalue weighted by molar-refractivity contribution is 7.09. The molecule has 2 aromatic heterocycles. The van der Waals surface area contributed by atoms with Crippen LogP contribution >= 0.6 is 11.3 Å². The molecule has 68 valence electrons. The molecule has 0 amide bonds. The van der Waals surface area contributed by atoms with E-state index in [2.05, 4.69) is 20.4 Å². The summed E-state index contributed by atoms with van der Waals surface area (Å²) in [6.07, 6.45) is 3.31. The van der Waals surface area contributed by atoms with E-state index in [-0.39, 0.29) is 0 Å². The second-order valence-electron chi connectivity index (χ2n) is 2.49. The number of rotatable bonds is 3. The Bertz CT molecular complexity index is 366. The zero-order valence-electron chi connectivity index (χ0n) is 7.14. The van der Waals surface area contributed by atoms with Crippen molar-refractivity contribution in [3.8, 4) is 0 Å². The van der Waals surface area contributed by atoms with E-state index in [9.17, 15) is 0 Å². The molecule has 1 N–H and O–H groups in total. The van der Waals surface area contributed by atoms with E-state index < -0.39 is 0 Å². The van der Waals surface area contributed by atoms with Crippen molar-refractivity contribution >= 4 is 17.3 Å². The van der Waals surface area contributed by atoms with Gasteiger partial charge in [-0.2, -0.15) is 10.1 Å². The molecule has 0 aliphatic heterocycles. The molecule has 5 nitrogen and oxygen atoms in total. The van der Waals surface area contributed by atoms with Crippen LogP contribution in [0.4, 0.5) is 5.95 Å². The number of aryl methyl sites for hydroxylation is 1. The van der Waals surface area contributed by atoms with Gasteiger partial charge in [0.25, 0.3) is 0 Å².